The molecule has 4 fully saturated rings. The molecule has 0 amide bonds. The van der Waals surface area contributed by atoms with Crippen molar-refractivity contribution >= 4 is 5.57 Å². The first-order valence-electron chi connectivity index (χ1n) is 7.85. The molecule has 4 aliphatic carbocycles. The molecule has 1 heterocycles. The molecule has 0 saturated heterocycles. The van der Waals surface area contributed by atoms with E-state index in [1.54, 1.807) is 6.08 Å². The van der Waals surface area contributed by atoms with Gasteiger partial charge in [-0.3, -0.25) is 4.98 Å². The number of nitrogens with zero attached hydrogens (tertiary/aromatic N) is 2. The van der Waals surface area contributed by atoms with Crippen LogP contribution in [0.5, 0.6) is 0 Å². The first-order valence-corrected chi connectivity index (χ1v) is 7.85. The van der Waals surface area contributed by atoms with E-state index in [-0.39, 0.29) is 0 Å². The molecule has 1 aromatic heterocycles. The lowest BCUT2D eigenvalue weighted by molar-refractivity contribution is -0.0120. The van der Waals surface area contributed by atoms with Gasteiger partial charge in [-0.05, 0) is 78.9 Å². The molecule has 20 heavy (non-hydrogen) atoms. The zero-order chi connectivity index (χ0) is 13.5. The Labute approximate surface area is 120 Å². The quantitative estimate of drug-likeness (QED) is 0.755. The molecule has 0 aromatic carbocycles. The van der Waals surface area contributed by atoms with Crippen molar-refractivity contribution in [1.82, 2.24) is 4.98 Å². The summed E-state index contributed by atoms with van der Waals surface area (Å²) < 4.78 is 0. The minimum Gasteiger partial charge on any atom is -0.264 e. The summed E-state index contributed by atoms with van der Waals surface area (Å²) in [6, 6.07) is 6.38. The van der Waals surface area contributed by atoms with Crippen molar-refractivity contribution in [3.8, 4) is 6.07 Å². The van der Waals surface area contributed by atoms with Gasteiger partial charge in [-0.1, -0.05) is 6.07 Å². The molecular weight excluding hydrogens is 244 g/mol. The van der Waals surface area contributed by atoms with Crippen molar-refractivity contribution in [2.45, 2.75) is 32.1 Å². The number of aromatic nitrogens is 1. The van der Waals surface area contributed by atoms with Gasteiger partial charge in [0, 0.05) is 18.5 Å². The highest BCUT2D eigenvalue weighted by Crippen LogP contribution is 2.59. The van der Waals surface area contributed by atoms with Crippen LogP contribution in [-0.4, -0.2) is 4.98 Å². The molecule has 2 heteroatoms. The standard InChI is InChI=1S/C18H20N2/c19-4-3-17(14-2-1-5-20-11-14)18-15-7-12-6-13(9-15)10-16(18)8-12/h1-3,5,11-13,15-16,18H,6-10H2/b17-3+. The molecule has 4 saturated carbocycles. The van der Waals surface area contributed by atoms with Crippen molar-refractivity contribution in [3.63, 3.8) is 0 Å². The average molecular weight is 264 g/mol. The Morgan fingerprint density at radius 3 is 2.40 bits per heavy atom. The van der Waals surface area contributed by atoms with Gasteiger partial charge in [-0.15, -0.1) is 0 Å². The van der Waals surface area contributed by atoms with Gasteiger partial charge in [0.05, 0.1) is 6.07 Å². The van der Waals surface area contributed by atoms with Crippen LogP contribution in [-0.2, 0) is 0 Å². The second-order valence-corrected chi connectivity index (χ2v) is 6.93. The molecule has 4 aliphatic rings. The predicted molar refractivity (Wildman–Crippen MR) is 78.4 cm³/mol. The van der Waals surface area contributed by atoms with Gasteiger partial charge in [-0.2, -0.15) is 5.26 Å². The smallest absolute Gasteiger partial charge is 0.0915 e. The Morgan fingerprint density at radius 2 is 1.85 bits per heavy atom. The minimum absolute atomic E-state index is 0.603. The van der Waals surface area contributed by atoms with Gasteiger partial charge in [0.25, 0.3) is 0 Å². The maximum absolute atomic E-state index is 9.21. The SMILES string of the molecule is N#C/C=C(\c1cccnc1)C1C2CC3CC(C2)CC1C3. The van der Waals surface area contributed by atoms with Crippen molar-refractivity contribution in [2.24, 2.45) is 29.6 Å². The molecule has 0 radical (unpaired) electrons. The summed E-state index contributed by atoms with van der Waals surface area (Å²) in [6.45, 7) is 0. The van der Waals surface area contributed by atoms with Crippen molar-refractivity contribution < 1.29 is 0 Å². The highest BCUT2D eigenvalue weighted by atomic mass is 14.6. The van der Waals surface area contributed by atoms with Crippen LogP contribution in [0.3, 0.4) is 0 Å². The van der Waals surface area contributed by atoms with Crippen LogP contribution >= 0.6 is 0 Å². The number of pyridine rings is 1. The molecule has 0 spiro atoms. The van der Waals surface area contributed by atoms with E-state index in [2.05, 4.69) is 17.1 Å². The van der Waals surface area contributed by atoms with Gasteiger partial charge in [0.15, 0.2) is 0 Å². The topological polar surface area (TPSA) is 36.7 Å². The number of allylic oxidation sites excluding steroid dienone is 2. The van der Waals surface area contributed by atoms with Crippen LogP contribution in [0.25, 0.3) is 5.57 Å². The highest BCUT2D eigenvalue weighted by Gasteiger charge is 2.49. The number of hydrogen-bond acceptors (Lipinski definition) is 2. The van der Waals surface area contributed by atoms with Crippen LogP contribution in [0.1, 0.15) is 37.7 Å². The van der Waals surface area contributed by atoms with Gasteiger partial charge in [-0.25, -0.2) is 0 Å². The molecule has 0 N–H and O–H groups in total. The third-order valence-electron chi connectivity index (χ3n) is 5.80. The third kappa shape index (κ3) is 1.88. The Bertz CT molecular complexity index is 539. The highest BCUT2D eigenvalue weighted by molar-refractivity contribution is 5.69. The van der Waals surface area contributed by atoms with Gasteiger partial charge in [0.1, 0.15) is 0 Å². The van der Waals surface area contributed by atoms with E-state index >= 15 is 0 Å². The van der Waals surface area contributed by atoms with E-state index in [1.165, 1.54) is 37.7 Å². The molecule has 5 rings (SSSR count). The van der Waals surface area contributed by atoms with E-state index in [0.29, 0.717) is 5.92 Å². The molecule has 102 valence electrons. The first-order chi connectivity index (χ1) is 9.85. The maximum atomic E-state index is 9.21. The van der Waals surface area contributed by atoms with Gasteiger partial charge < -0.3 is 0 Å². The van der Waals surface area contributed by atoms with Crippen LogP contribution in [0.4, 0.5) is 0 Å². The Morgan fingerprint density at radius 1 is 1.15 bits per heavy atom. The lowest BCUT2D eigenvalue weighted by atomic mass is 9.50. The molecule has 0 aliphatic heterocycles. The van der Waals surface area contributed by atoms with Gasteiger partial charge >= 0.3 is 0 Å². The minimum atomic E-state index is 0.603. The molecule has 2 nitrogen and oxygen atoms in total. The fraction of sp³-hybridized carbons (Fsp3) is 0.556. The predicted octanol–water partition coefficient (Wildman–Crippen LogP) is 4.06. The summed E-state index contributed by atoms with van der Waals surface area (Å²) in [5.74, 6) is 4.18. The maximum Gasteiger partial charge on any atom is 0.0915 e. The Kier molecular flexibility index (Phi) is 2.88. The summed E-state index contributed by atoms with van der Waals surface area (Å²) in [5, 5.41) is 9.21. The second-order valence-electron chi connectivity index (χ2n) is 6.93. The normalized spacial score (nSPS) is 38.8. The van der Waals surface area contributed by atoms with E-state index in [9.17, 15) is 5.26 Å². The molecule has 1 aromatic rings. The second kappa shape index (κ2) is 4.74. The lowest BCUT2D eigenvalue weighted by Gasteiger charge is -2.55. The number of rotatable bonds is 2. The van der Waals surface area contributed by atoms with E-state index < -0.39 is 0 Å². The number of hydrogen-bond donors (Lipinski definition) is 0. The van der Waals surface area contributed by atoms with Crippen molar-refractivity contribution in [1.29, 1.82) is 5.26 Å². The fourth-order valence-corrected chi connectivity index (χ4v) is 5.41. The van der Waals surface area contributed by atoms with Crippen LogP contribution in [0, 0.1) is 40.9 Å². The molecule has 0 atom stereocenters. The van der Waals surface area contributed by atoms with Crippen molar-refractivity contribution in [2.75, 3.05) is 0 Å². The Balaban J connectivity index is 1.71. The first kappa shape index (κ1) is 12.1. The zero-order valence-corrected chi connectivity index (χ0v) is 11.7. The summed E-state index contributed by atoms with van der Waals surface area (Å²) in [5.41, 5.74) is 2.42. The largest absolute Gasteiger partial charge is 0.264 e. The van der Waals surface area contributed by atoms with Crippen molar-refractivity contribution in [3.05, 3.63) is 36.2 Å². The summed E-state index contributed by atoms with van der Waals surface area (Å²) in [4.78, 5) is 4.25. The summed E-state index contributed by atoms with van der Waals surface area (Å²) >= 11 is 0. The summed E-state index contributed by atoms with van der Waals surface area (Å²) in [6.07, 6.45) is 12.6. The lowest BCUT2D eigenvalue weighted by Crippen LogP contribution is -2.45. The zero-order valence-electron chi connectivity index (χ0n) is 11.7. The Hall–Kier alpha value is -1.62. The molecule has 0 unspecified atom stereocenters. The van der Waals surface area contributed by atoms with E-state index in [4.69, 9.17) is 0 Å². The van der Waals surface area contributed by atoms with E-state index in [0.717, 1.165) is 29.2 Å². The number of nitriles is 1. The summed E-state index contributed by atoms with van der Waals surface area (Å²) in [7, 11) is 0. The van der Waals surface area contributed by atoms with Crippen LogP contribution < -0.4 is 0 Å². The monoisotopic (exact) mass is 264 g/mol. The molecule has 4 bridgehead atoms. The average Bonchev–Trinajstić information content (AvgIpc) is 2.46. The fourth-order valence-electron chi connectivity index (χ4n) is 5.41. The van der Waals surface area contributed by atoms with Gasteiger partial charge in [0.2, 0.25) is 0 Å². The van der Waals surface area contributed by atoms with E-state index in [1.807, 2.05) is 18.5 Å². The molecular formula is C18H20N2. The third-order valence-corrected chi connectivity index (χ3v) is 5.80. The van der Waals surface area contributed by atoms with Crippen LogP contribution in [0.2, 0.25) is 0 Å². The van der Waals surface area contributed by atoms with Crippen LogP contribution in [0.15, 0.2) is 30.6 Å².